The Balaban J connectivity index is 2.03. The molecular weight excluding hydrogens is 520 g/mol. The quantitative estimate of drug-likeness (QED) is 0.437. The minimum absolute atomic E-state index is 0.240. The van der Waals surface area contributed by atoms with Gasteiger partial charge in [-0.05, 0) is 6.07 Å². The highest BCUT2D eigenvalue weighted by atomic mass is 32.2. The average molecular weight is 534 g/mol. The van der Waals surface area contributed by atoms with E-state index in [-0.39, 0.29) is 22.7 Å². The van der Waals surface area contributed by atoms with Gasteiger partial charge in [0.25, 0.3) is 0 Å². The Hall–Kier alpha value is -3.31. The minimum Gasteiger partial charge on any atom is -0.470 e. The van der Waals surface area contributed by atoms with E-state index in [1.807, 2.05) is 0 Å². The van der Waals surface area contributed by atoms with Crippen molar-refractivity contribution >= 4 is 21.3 Å². The van der Waals surface area contributed by atoms with Gasteiger partial charge in [0.05, 0.1) is 29.4 Å². The second-order valence-electron chi connectivity index (χ2n) is 6.85. The summed E-state index contributed by atoms with van der Waals surface area (Å²) in [6, 6.07) is 1.11. The van der Waals surface area contributed by atoms with Crippen LogP contribution in [0.3, 0.4) is 0 Å². The summed E-state index contributed by atoms with van der Waals surface area (Å²) in [5, 5.41) is 5.32. The van der Waals surface area contributed by atoms with Crippen LogP contribution in [0, 0.1) is 0 Å². The minimum atomic E-state index is -5.86. The van der Waals surface area contributed by atoms with Gasteiger partial charge in [0, 0.05) is 6.20 Å². The van der Waals surface area contributed by atoms with Crippen molar-refractivity contribution in [3.05, 3.63) is 24.7 Å². The van der Waals surface area contributed by atoms with Gasteiger partial charge < -0.3 is 10.1 Å². The lowest BCUT2D eigenvalue weighted by Crippen LogP contribution is -2.41. The molecule has 0 bridgehead atoms. The van der Waals surface area contributed by atoms with Gasteiger partial charge in [0.2, 0.25) is 5.88 Å². The number of alkyl halides is 8. The predicted molar refractivity (Wildman–Crippen MR) is 103 cm³/mol. The van der Waals surface area contributed by atoms with Crippen molar-refractivity contribution in [3.63, 3.8) is 0 Å². The number of halogens is 8. The van der Waals surface area contributed by atoms with E-state index in [1.54, 1.807) is 0 Å². The molecule has 0 radical (unpaired) electrons. The van der Waals surface area contributed by atoms with E-state index in [2.05, 4.69) is 30.1 Å². The van der Waals surface area contributed by atoms with Crippen LogP contribution in [0.15, 0.2) is 29.7 Å². The normalized spacial score (nSPS) is 13.3. The van der Waals surface area contributed by atoms with Gasteiger partial charge >= 0.3 is 18.3 Å². The second-order valence-corrected chi connectivity index (χ2v) is 9.04. The number of sulfone groups is 1. The molecule has 0 aromatic carbocycles. The van der Waals surface area contributed by atoms with Crippen LogP contribution in [0.1, 0.15) is 6.92 Å². The number of nitrogens with one attached hydrogen (secondary N) is 1. The van der Waals surface area contributed by atoms with E-state index in [9.17, 15) is 43.5 Å². The van der Waals surface area contributed by atoms with Crippen molar-refractivity contribution in [1.29, 1.82) is 0 Å². The van der Waals surface area contributed by atoms with E-state index in [4.69, 9.17) is 0 Å². The molecule has 3 aromatic rings. The van der Waals surface area contributed by atoms with Crippen molar-refractivity contribution in [2.75, 3.05) is 24.2 Å². The van der Waals surface area contributed by atoms with Crippen molar-refractivity contribution in [3.8, 4) is 17.1 Å². The van der Waals surface area contributed by atoms with Gasteiger partial charge in [0.15, 0.2) is 27.1 Å². The van der Waals surface area contributed by atoms with Crippen LogP contribution in [0.4, 0.5) is 40.9 Å². The van der Waals surface area contributed by atoms with Crippen LogP contribution >= 0.6 is 0 Å². The second kappa shape index (κ2) is 9.04. The highest BCUT2D eigenvalue weighted by Gasteiger charge is 2.58. The van der Waals surface area contributed by atoms with Crippen LogP contribution < -0.4 is 10.1 Å². The van der Waals surface area contributed by atoms with E-state index < -0.39 is 57.9 Å². The Bertz CT molecular complexity index is 1310. The molecule has 35 heavy (non-hydrogen) atoms. The van der Waals surface area contributed by atoms with E-state index in [0.29, 0.717) is 6.20 Å². The summed E-state index contributed by atoms with van der Waals surface area (Å²) in [4.78, 5) is 11.3. The molecule has 0 saturated carbocycles. The summed E-state index contributed by atoms with van der Waals surface area (Å²) in [5.74, 6) is -6.61. The number of nitrogens with zero attached hydrogens (tertiary/aromatic N) is 5. The first kappa shape index (κ1) is 26.3. The van der Waals surface area contributed by atoms with Gasteiger partial charge in [-0.15, -0.1) is 0 Å². The van der Waals surface area contributed by atoms with Gasteiger partial charge in [0.1, 0.15) is 12.4 Å². The first-order valence-electron chi connectivity index (χ1n) is 9.36. The first-order chi connectivity index (χ1) is 16.1. The van der Waals surface area contributed by atoms with Crippen molar-refractivity contribution in [1.82, 2.24) is 24.6 Å². The van der Waals surface area contributed by atoms with Crippen LogP contribution in [0.5, 0.6) is 5.88 Å². The Labute approximate surface area is 191 Å². The summed E-state index contributed by atoms with van der Waals surface area (Å²) in [6.07, 6.45) is -7.91. The molecule has 0 aliphatic heterocycles. The molecule has 192 valence electrons. The zero-order chi connectivity index (χ0) is 26.2. The van der Waals surface area contributed by atoms with Crippen molar-refractivity contribution in [2.45, 2.75) is 30.2 Å². The van der Waals surface area contributed by atoms with Crippen LogP contribution in [-0.4, -0.2) is 70.2 Å². The summed E-state index contributed by atoms with van der Waals surface area (Å²) in [6.45, 7) is -2.26. The number of rotatable bonds is 8. The summed E-state index contributed by atoms with van der Waals surface area (Å²) in [7, 11) is -4.10. The molecule has 0 aliphatic rings. The summed E-state index contributed by atoms with van der Waals surface area (Å²) < 4.78 is 131. The molecule has 0 aliphatic carbocycles. The zero-order valence-electron chi connectivity index (χ0n) is 17.3. The third kappa shape index (κ3) is 5.68. The first-order valence-corrected chi connectivity index (χ1v) is 11.0. The van der Waals surface area contributed by atoms with Crippen LogP contribution in [0.2, 0.25) is 0 Å². The predicted octanol–water partition coefficient (Wildman–Crippen LogP) is 3.53. The smallest absolute Gasteiger partial charge is 0.456 e. The van der Waals surface area contributed by atoms with Gasteiger partial charge in [-0.2, -0.15) is 44.7 Å². The molecule has 3 aromatic heterocycles. The molecule has 9 nitrogen and oxygen atoms in total. The van der Waals surface area contributed by atoms with E-state index >= 15 is 0 Å². The monoisotopic (exact) mass is 534 g/mol. The van der Waals surface area contributed by atoms with E-state index in [1.165, 1.54) is 6.92 Å². The van der Waals surface area contributed by atoms with Crippen LogP contribution in [-0.2, 0) is 9.84 Å². The maximum atomic E-state index is 13.0. The number of hydrogen-bond donors (Lipinski definition) is 1. The standard InChI is InChI=1S/C17H14F8N6O3S/c1-2-35(32,33)14-12(13-26-4-3-10(31(13)30-14)29-7-16(20,21)22)9-5-28-11(6-27-9)34-8-15(18,19)17(23,24)25/h3-6,29H,2,7-8H2,1H3. The summed E-state index contributed by atoms with van der Waals surface area (Å²) in [5.41, 5.74) is -0.777. The third-order valence-electron chi connectivity index (χ3n) is 4.33. The molecule has 3 heterocycles. The fourth-order valence-corrected chi connectivity index (χ4v) is 3.58. The Morgan fingerprint density at radius 3 is 2.26 bits per heavy atom. The van der Waals surface area contributed by atoms with Gasteiger partial charge in [-0.3, -0.25) is 0 Å². The lowest BCUT2D eigenvalue weighted by molar-refractivity contribution is -0.290. The SMILES string of the molecule is CCS(=O)(=O)c1nn2c(NCC(F)(F)F)ccnc2c1-c1cnc(OCC(F)(F)C(F)(F)F)cn1. The number of anilines is 1. The lowest BCUT2D eigenvalue weighted by Gasteiger charge is -2.19. The fraction of sp³-hybridized carbons (Fsp3) is 0.412. The maximum absolute atomic E-state index is 13.0. The number of hydrogen-bond acceptors (Lipinski definition) is 8. The van der Waals surface area contributed by atoms with Gasteiger partial charge in [-0.25, -0.2) is 23.4 Å². The topological polar surface area (TPSA) is 111 Å². The molecular formula is C17H14F8N6O3S. The average Bonchev–Trinajstić information content (AvgIpc) is 3.16. The molecule has 18 heteroatoms. The molecule has 3 rings (SSSR count). The molecule has 0 amide bonds. The summed E-state index contributed by atoms with van der Waals surface area (Å²) >= 11 is 0. The van der Waals surface area contributed by atoms with E-state index in [0.717, 1.165) is 23.0 Å². The molecule has 0 spiro atoms. The Morgan fingerprint density at radius 2 is 1.71 bits per heavy atom. The lowest BCUT2D eigenvalue weighted by atomic mass is 10.2. The largest absolute Gasteiger partial charge is 0.470 e. The number of aromatic nitrogens is 5. The Kier molecular flexibility index (Phi) is 6.80. The maximum Gasteiger partial charge on any atom is 0.456 e. The highest BCUT2D eigenvalue weighted by molar-refractivity contribution is 7.91. The van der Waals surface area contributed by atoms with Crippen LogP contribution in [0.25, 0.3) is 16.9 Å². The molecule has 0 atom stereocenters. The fourth-order valence-electron chi connectivity index (χ4n) is 2.60. The molecule has 0 fully saturated rings. The highest BCUT2D eigenvalue weighted by Crippen LogP contribution is 2.36. The Morgan fingerprint density at radius 1 is 1.03 bits per heavy atom. The molecule has 0 saturated heterocycles. The van der Waals surface area contributed by atoms with Gasteiger partial charge in [-0.1, -0.05) is 6.92 Å². The number of ether oxygens (including phenoxy) is 1. The third-order valence-corrected chi connectivity index (χ3v) is 5.97. The van der Waals surface area contributed by atoms with Crippen molar-refractivity contribution < 1.29 is 48.3 Å². The number of fused-ring (bicyclic) bond motifs is 1. The molecule has 1 N–H and O–H groups in total. The zero-order valence-corrected chi connectivity index (χ0v) is 18.1. The van der Waals surface area contributed by atoms with Crippen molar-refractivity contribution in [2.24, 2.45) is 0 Å². The molecule has 0 unspecified atom stereocenters.